The largest absolute Gasteiger partial charge is 0.379 e. The van der Waals surface area contributed by atoms with Crippen LogP contribution in [0, 0.1) is 0 Å². The van der Waals surface area contributed by atoms with Crippen LogP contribution in [-0.2, 0) is 11.3 Å². The van der Waals surface area contributed by atoms with Crippen molar-refractivity contribution in [2.45, 2.75) is 6.54 Å². The van der Waals surface area contributed by atoms with Gasteiger partial charge in [0.2, 0.25) is 0 Å². The maximum Gasteiger partial charge on any atom is 0.254 e. The van der Waals surface area contributed by atoms with Crippen LogP contribution in [0.1, 0.15) is 15.9 Å². The number of rotatable bonds is 6. The molecule has 134 valence electrons. The van der Waals surface area contributed by atoms with Crippen molar-refractivity contribution in [3.05, 3.63) is 71.8 Å². The van der Waals surface area contributed by atoms with Gasteiger partial charge in [-0.2, -0.15) is 0 Å². The van der Waals surface area contributed by atoms with E-state index >= 15 is 0 Å². The summed E-state index contributed by atoms with van der Waals surface area (Å²) in [6.45, 7) is 5.70. The Balaban J connectivity index is 0.00000225. The van der Waals surface area contributed by atoms with E-state index in [1.807, 2.05) is 53.4 Å². The molecule has 0 aliphatic carbocycles. The van der Waals surface area contributed by atoms with E-state index < -0.39 is 0 Å². The molecule has 25 heavy (non-hydrogen) atoms. The summed E-state index contributed by atoms with van der Waals surface area (Å²) >= 11 is 0. The maximum atomic E-state index is 12.9. The molecule has 0 radical (unpaired) electrons. The van der Waals surface area contributed by atoms with Crippen LogP contribution in [0.3, 0.4) is 0 Å². The van der Waals surface area contributed by atoms with Gasteiger partial charge in [0, 0.05) is 38.3 Å². The molecule has 1 fully saturated rings. The van der Waals surface area contributed by atoms with Crippen molar-refractivity contribution in [2.24, 2.45) is 0 Å². The number of carbonyl (C=O) groups is 1. The van der Waals surface area contributed by atoms with Crippen molar-refractivity contribution >= 4 is 18.3 Å². The minimum atomic E-state index is 0. The molecule has 4 nitrogen and oxygen atoms in total. The Morgan fingerprint density at radius 2 is 1.56 bits per heavy atom. The third-order valence-electron chi connectivity index (χ3n) is 4.31. The quantitative estimate of drug-likeness (QED) is 0.793. The van der Waals surface area contributed by atoms with Crippen LogP contribution in [0.4, 0.5) is 0 Å². The van der Waals surface area contributed by atoms with E-state index in [2.05, 4.69) is 17.0 Å². The number of amides is 1. The van der Waals surface area contributed by atoms with Crippen molar-refractivity contribution < 1.29 is 9.53 Å². The van der Waals surface area contributed by atoms with Crippen LogP contribution < -0.4 is 0 Å². The molecule has 0 atom stereocenters. The van der Waals surface area contributed by atoms with Gasteiger partial charge >= 0.3 is 0 Å². The van der Waals surface area contributed by atoms with Gasteiger partial charge in [0.25, 0.3) is 5.91 Å². The Morgan fingerprint density at radius 3 is 2.20 bits per heavy atom. The van der Waals surface area contributed by atoms with Gasteiger partial charge < -0.3 is 9.64 Å². The number of hydrogen-bond donors (Lipinski definition) is 0. The summed E-state index contributed by atoms with van der Waals surface area (Å²) in [7, 11) is 0. The molecule has 0 spiro atoms. The van der Waals surface area contributed by atoms with E-state index in [0.717, 1.165) is 50.5 Å². The summed E-state index contributed by atoms with van der Waals surface area (Å²) in [4.78, 5) is 17.2. The van der Waals surface area contributed by atoms with Crippen LogP contribution in [-0.4, -0.2) is 55.1 Å². The van der Waals surface area contributed by atoms with Crippen molar-refractivity contribution in [3.63, 3.8) is 0 Å². The molecular weight excluding hydrogens is 336 g/mol. The van der Waals surface area contributed by atoms with Gasteiger partial charge in [0.15, 0.2) is 0 Å². The molecule has 3 rings (SSSR count). The molecule has 1 aliphatic heterocycles. The molecule has 1 aliphatic rings. The zero-order chi connectivity index (χ0) is 16.6. The lowest BCUT2D eigenvalue weighted by Crippen LogP contribution is -2.42. The monoisotopic (exact) mass is 360 g/mol. The second-order valence-electron chi connectivity index (χ2n) is 6.03. The number of halogens is 1. The lowest BCUT2D eigenvalue weighted by Gasteiger charge is -2.30. The molecule has 1 saturated heterocycles. The number of ether oxygens (including phenoxy) is 1. The summed E-state index contributed by atoms with van der Waals surface area (Å²) in [6, 6.07) is 19.7. The van der Waals surface area contributed by atoms with Crippen LogP contribution in [0.15, 0.2) is 60.7 Å². The Kier molecular flexibility index (Phi) is 7.92. The van der Waals surface area contributed by atoms with E-state index in [4.69, 9.17) is 4.74 Å². The van der Waals surface area contributed by atoms with Gasteiger partial charge in [-0.1, -0.05) is 48.5 Å². The number of morpholine rings is 1. The average Bonchev–Trinajstić information content (AvgIpc) is 2.67. The zero-order valence-electron chi connectivity index (χ0n) is 14.3. The summed E-state index contributed by atoms with van der Waals surface area (Å²) in [5.41, 5.74) is 1.90. The zero-order valence-corrected chi connectivity index (χ0v) is 15.2. The topological polar surface area (TPSA) is 32.8 Å². The van der Waals surface area contributed by atoms with E-state index in [0.29, 0.717) is 6.54 Å². The molecule has 5 heteroatoms. The predicted octanol–water partition coefficient (Wildman–Crippen LogP) is 3.08. The van der Waals surface area contributed by atoms with E-state index in [1.54, 1.807) is 0 Å². The predicted molar refractivity (Wildman–Crippen MR) is 102 cm³/mol. The highest BCUT2D eigenvalue weighted by atomic mass is 35.5. The van der Waals surface area contributed by atoms with Crippen molar-refractivity contribution in [3.8, 4) is 0 Å². The van der Waals surface area contributed by atoms with Crippen LogP contribution in [0.2, 0.25) is 0 Å². The second-order valence-corrected chi connectivity index (χ2v) is 6.03. The van der Waals surface area contributed by atoms with Gasteiger partial charge in [-0.3, -0.25) is 9.69 Å². The first-order valence-corrected chi connectivity index (χ1v) is 8.51. The molecule has 0 saturated carbocycles. The second kappa shape index (κ2) is 10.2. The van der Waals surface area contributed by atoms with Gasteiger partial charge in [-0.25, -0.2) is 0 Å². The summed E-state index contributed by atoms with van der Waals surface area (Å²) in [6.07, 6.45) is 0. The Hall–Kier alpha value is -1.88. The SMILES string of the molecule is Cl.O=C(c1ccccc1)N(CCN1CCOCC1)Cc1ccccc1. The van der Waals surface area contributed by atoms with E-state index in [-0.39, 0.29) is 18.3 Å². The first-order valence-electron chi connectivity index (χ1n) is 8.51. The maximum absolute atomic E-state index is 12.9. The third kappa shape index (κ3) is 5.85. The van der Waals surface area contributed by atoms with Gasteiger partial charge in [0.05, 0.1) is 13.2 Å². The first kappa shape index (κ1) is 19.4. The van der Waals surface area contributed by atoms with Crippen LogP contribution in [0.25, 0.3) is 0 Å². The molecule has 1 heterocycles. The highest BCUT2D eigenvalue weighted by Crippen LogP contribution is 2.11. The highest BCUT2D eigenvalue weighted by Gasteiger charge is 2.18. The van der Waals surface area contributed by atoms with Crippen molar-refractivity contribution in [2.75, 3.05) is 39.4 Å². The lowest BCUT2D eigenvalue weighted by atomic mass is 10.1. The number of carbonyl (C=O) groups excluding carboxylic acids is 1. The van der Waals surface area contributed by atoms with Gasteiger partial charge in [-0.05, 0) is 17.7 Å². The standard InChI is InChI=1S/C20H24N2O2.ClH/c23-20(19-9-5-2-6-10-19)22(17-18-7-3-1-4-8-18)12-11-21-13-15-24-16-14-21;/h1-10H,11-17H2;1H. The Bertz CT molecular complexity index is 631. The normalized spacial score (nSPS) is 14.6. The van der Waals surface area contributed by atoms with Crippen molar-refractivity contribution in [1.82, 2.24) is 9.80 Å². The molecular formula is C20H25ClN2O2. The average molecular weight is 361 g/mol. The fourth-order valence-electron chi connectivity index (χ4n) is 2.91. The fraction of sp³-hybridized carbons (Fsp3) is 0.350. The Morgan fingerprint density at radius 1 is 0.960 bits per heavy atom. The summed E-state index contributed by atoms with van der Waals surface area (Å²) in [5, 5.41) is 0. The molecule has 0 unspecified atom stereocenters. The first-order chi connectivity index (χ1) is 11.8. The van der Waals surface area contributed by atoms with Crippen LogP contribution >= 0.6 is 12.4 Å². The minimum Gasteiger partial charge on any atom is -0.379 e. The van der Waals surface area contributed by atoms with Gasteiger partial charge in [-0.15, -0.1) is 12.4 Å². The smallest absolute Gasteiger partial charge is 0.254 e. The Labute approximate surface area is 155 Å². The fourth-order valence-corrected chi connectivity index (χ4v) is 2.91. The molecule has 0 N–H and O–H groups in total. The van der Waals surface area contributed by atoms with Crippen LogP contribution in [0.5, 0.6) is 0 Å². The molecule has 0 bridgehead atoms. The lowest BCUT2D eigenvalue weighted by molar-refractivity contribution is 0.0320. The molecule has 1 amide bonds. The minimum absolute atomic E-state index is 0. The molecule has 2 aromatic carbocycles. The summed E-state index contributed by atoms with van der Waals surface area (Å²) < 4.78 is 5.40. The van der Waals surface area contributed by atoms with Crippen molar-refractivity contribution in [1.29, 1.82) is 0 Å². The van der Waals surface area contributed by atoms with E-state index in [9.17, 15) is 4.79 Å². The highest BCUT2D eigenvalue weighted by molar-refractivity contribution is 5.94. The number of nitrogens with zero attached hydrogens (tertiary/aromatic N) is 2. The number of hydrogen-bond acceptors (Lipinski definition) is 3. The molecule has 2 aromatic rings. The van der Waals surface area contributed by atoms with Gasteiger partial charge in [0.1, 0.15) is 0 Å². The van der Waals surface area contributed by atoms with E-state index in [1.165, 1.54) is 0 Å². The number of benzene rings is 2. The third-order valence-corrected chi connectivity index (χ3v) is 4.31. The summed E-state index contributed by atoms with van der Waals surface area (Å²) in [5.74, 6) is 0.0905. The molecule has 0 aromatic heterocycles.